The van der Waals surface area contributed by atoms with Crippen molar-refractivity contribution < 1.29 is 0 Å². The van der Waals surface area contributed by atoms with Crippen LogP contribution >= 0.6 is 0 Å². The second kappa shape index (κ2) is 13.2. The minimum Gasteiger partial charge on any atom is -0.338 e. The van der Waals surface area contributed by atoms with E-state index in [9.17, 15) is 0 Å². The summed E-state index contributed by atoms with van der Waals surface area (Å²) in [5.74, 6) is 0. The fourth-order valence-corrected chi connectivity index (χ4v) is 8.38. The molecule has 2 aromatic heterocycles. The molecule has 4 nitrogen and oxygen atoms in total. The van der Waals surface area contributed by atoms with E-state index < -0.39 is 0 Å². The van der Waals surface area contributed by atoms with Crippen molar-refractivity contribution in [3.05, 3.63) is 178 Å². The van der Waals surface area contributed by atoms with Crippen LogP contribution in [0.3, 0.4) is 0 Å². The summed E-state index contributed by atoms with van der Waals surface area (Å²) in [6.45, 7) is 8.60. The van der Waals surface area contributed by atoms with Gasteiger partial charge in [-0.1, -0.05) is 121 Å². The van der Waals surface area contributed by atoms with Gasteiger partial charge >= 0.3 is 0 Å². The summed E-state index contributed by atoms with van der Waals surface area (Å²) < 4.78 is 4.51. The first kappa shape index (κ1) is 33.3. The van der Waals surface area contributed by atoms with Crippen LogP contribution < -0.4 is 10.9 Å². The van der Waals surface area contributed by atoms with Gasteiger partial charge in [-0.05, 0) is 109 Å². The third-order valence-corrected chi connectivity index (χ3v) is 10.7. The average molecular weight is 701 g/mol. The number of rotatable bonds is 6. The Kier molecular flexibility index (Phi) is 8.12. The Hall–Kier alpha value is -6.52. The normalized spacial score (nSPS) is 11.8. The number of hydrogen-bond donors (Lipinski definition) is 0. The largest absolute Gasteiger partial charge is 0.338 e. The third-order valence-electron chi connectivity index (χ3n) is 10.7. The van der Waals surface area contributed by atoms with E-state index in [2.05, 4.69) is 110 Å². The van der Waals surface area contributed by atoms with Crippen molar-refractivity contribution in [3.63, 3.8) is 0 Å². The van der Waals surface area contributed by atoms with E-state index in [0.717, 1.165) is 66.6 Å². The number of fused-ring (bicyclic) bond motifs is 4. The average Bonchev–Trinajstić information content (AvgIpc) is 3.21. The Morgan fingerprint density at radius 2 is 0.667 bits per heavy atom. The van der Waals surface area contributed by atoms with Gasteiger partial charge in [-0.3, -0.25) is 9.59 Å². The first-order chi connectivity index (χ1) is 26.3. The summed E-state index contributed by atoms with van der Waals surface area (Å²) in [5, 5.41) is 2.56. The molecule has 9 aromatic rings. The number of pyridine rings is 2. The van der Waals surface area contributed by atoms with Crippen molar-refractivity contribution in [2.75, 3.05) is 0 Å². The van der Waals surface area contributed by atoms with E-state index in [1.54, 1.807) is 0 Å². The minimum absolute atomic E-state index is 0.0104. The van der Waals surface area contributed by atoms with Gasteiger partial charge < -0.3 is 9.13 Å². The first-order valence-electron chi connectivity index (χ1n) is 18.7. The third kappa shape index (κ3) is 5.37. The summed E-state index contributed by atoms with van der Waals surface area (Å²) in [4.78, 5) is 30.3. The predicted octanol–water partition coefficient (Wildman–Crippen LogP) is 12.5. The monoisotopic (exact) mass is 700 g/mol. The highest BCUT2D eigenvalue weighted by Gasteiger charge is 2.23. The van der Waals surface area contributed by atoms with Gasteiger partial charge in [-0.2, -0.15) is 0 Å². The van der Waals surface area contributed by atoms with E-state index in [1.165, 1.54) is 0 Å². The van der Waals surface area contributed by atoms with Crippen LogP contribution in [0.15, 0.2) is 167 Å². The zero-order chi connectivity index (χ0) is 37.1. The van der Waals surface area contributed by atoms with Gasteiger partial charge in [-0.15, -0.1) is 0 Å². The predicted molar refractivity (Wildman–Crippen MR) is 227 cm³/mol. The maximum Gasteiger partial charge on any atom is 0.197 e. The molecule has 4 heteroatoms. The van der Waals surface area contributed by atoms with E-state index in [0.29, 0.717) is 21.5 Å². The Bertz CT molecular complexity index is 2790. The number of benzene rings is 7. The summed E-state index contributed by atoms with van der Waals surface area (Å²) >= 11 is 0. The highest BCUT2D eigenvalue weighted by molar-refractivity contribution is 6.10. The SMILES string of the molecule is CC(C)n1c2cc3c(=O)c4c(-c5ccccc5)cc(-c5ccccc5)cc4n(C(C)C)c3cc2c(=O)c2c(-c3ccccc3)cc(-c3ccccc3)cc21. The Labute approximate surface area is 314 Å². The molecule has 9 rings (SSSR count). The molecule has 0 N–H and O–H groups in total. The lowest BCUT2D eigenvalue weighted by molar-refractivity contribution is 0.636. The zero-order valence-electron chi connectivity index (χ0n) is 30.9. The van der Waals surface area contributed by atoms with E-state index in [4.69, 9.17) is 0 Å². The smallest absolute Gasteiger partial charge is 0.197 e. The lowest BCUT2D eigenvalue weighted by Gasteiger charge is -2.24. The van der Waals surface area contributed by atoms with Crippen LogP contribution in [-0.2, 0) is 0 Å². The molecule has 262 valence electrons. The van der Waals surface area contributed by atoms with Crippen LogP contribution in [-0.4, -0.2) is 9.13 Å². The van der Waals surface area contributed by atoms with Crippen molar-refractivity contribution >= 4 is 43.6 Å². The van der Waals surface area contributed by atoms with Crippen molar-refractivity contribution in [1.29, 1.82) is 0 Å². The molecule has 0 aliphatic carbocycles. The van der Waals surface area contributed by atoms with Gasteiger partial charge in [-0.25, -0.2) is 0 Å². The molecule has 54 heavy (non-hydrogen) atoms. The molecule has 0 saturated heterocycles. The highest BCUT2D eigenvalue weighted by atomic mass is 16.1. The molecule has 0 atom stereocenters. The van der Waals surface area contributed by atoms with Crippen LogP contribution in [0.2, 0.25) is 0 Å². The van der Waals surface area contributed by atoms with Crippen molar-refractivity contribution in [2.24, 2.45) is 0 Å². The Morgan fingerprint density at radius 3 is 0.981 bits per heavy atom. The van der Waals surface area contributed by atoms with E-state index in [1.807, 2.05) is 84.9 Å². The first-order valence-corrected chi connectivity index (χ1v) is 18.7. The molecular formula is C50H40N2O2. The maximum absolute atomic E-state index is 15.2. The lowest BCUT2D eigenvalue weighted by atomic mass is 9.92. The van der Waals surface area contributed by atoms with Crippen LogP contribution in [0.5, 0.6) is 0 Å². The molecule has 0 saturated carbocycles. The van der Waals surface area contributed by atoms with Gasteiger partial charge in [0, 0.05) is 22.9 Å². The van der Waals surface area contributed by atoms with Gasteiger partial charge in [0.05, 0.1) is 32.8 Å². The van der Waals surface area contributed by atoms with Crippen molar-refractivity contribution in [2.45, 2.75) is 39.8 Å². The second-order valence-corrected chi connectivity index (χ2v) is 14.8. The molecule has 0 aliphatic heterocycles. The quantitative estimate of drug-likeness (QED) is 0.162. The van der Waals surface area contributed by atoms with Crippen molar-refractivity contribution in [3.8, 4) is 44.5 Å². The zero-order valence-corrected chi connectivity index (χ0v) is 30.9. The maximum atomic E-state index is 15.2. The molecule has 0 bridgehead atoms. The van der Waals surface area contributed by atoms with Gasteiger partial charge in [0.1, 0.15) is 0 Å². The van der Waals surface area contributed by atoms with Crippen molar-refractivity contribution in [1.82, 2.24) is 9.13 Å². The van der Waals surface area contributed by atoms with E-state index >= 15 is 9.59 Å². The summed E-state index contributed by atoms with van der Waals surface area (Å²) in [5.41, 5.74) is 11.1. The standard InChI is InChI=1S/C50H40N2O2/c1-31(2)51-43-29-42-44(30-41(43)49(53)47-39(35-21-13-7-14-22-35)25-37(27-45(47)51)33-17-9-5-10-18-33)52(32(3)4)46-28-38(34-19-11-6-12-20-34)26-40(48(46)50(42)54)36-23-15-8-16-24-36/h5-32H,1-4H3. The van der Waals surface area contributed by atoms with Gasteiger partial charge in [0.25, 0.3) is 0 Å². The fraction of sp³-hybridized carbons (Fsp3) is 0.120. The molecule has 0 amide bonds. The lowest BCUT2D eigenvalue weighted by Crippen LogP contribution is -2.18. The molecule has 0 fully saturated rings. The second-order valence-electron chi connectivity index (χ2n) is 14.8. The molecule has 0 unspecified atom stereocenters. The molecule has 0 aliphatic rings. The molecule has 0 radical (unpaired) electrons. The van der Waals surface area contributed by atoms with Gasteiger partial charge in [0.2, 0.25) is 0 Å². The Balaban J connectivity index is 1.48. The number of aromatic nitrogens is 2. The van der Waals surface area contributed by atoms with Crippen LogP contribution in [0.25, 0.3) is 88.1 Å². The topological polar surface area (TPSA) is 44.0 Å². The number of hydrogen-bond acceptors (Lipinski definition) is 2. The van der Waals surface area contributed by atoms with Crippen LogP contribution in [0, 0.1) is 0 Å². The highest BCUT2D eigenvalue weighted by Crippen LogP contribution is 2.39. The minimum atomic E-state index is -0.0388. The Morgan fingerprint density at radius 1 is 0.352 bits per heavy atom. The van der Waals surface area contributed by atoms with Crippen LogP contribution in [0.4, 0.5) is 0 Å². The molecule has 2 heterocycles. The van der Waals surface area contributed by atoms with Gasteiger partial charge in [0.15, 0.2) is 10.9 Å². The molecular weight excluding hydrogens is 661 g/mol. The summed E-state index contributed by atoms with van der Waals surface area (Å²) in [6.07, 6.45) is 0. The summed E-state index contributed by atoms with van der Waals surface area (Å²) in [7, 11) is 0. The summed E-state index contributed by atoms with van der Waals surface area (Å²) in [6, 6.07) is 53.6. The molecule has 7 aromatic carbocycles. The molecule has 0 spiro atoms. The van der Waals surface area contributed by atoms with Crippen LogP contribution in [0.1, 0.15) is 39.8 Å². The van der Waals surface area contributed by atoms with E-state index in [-0.39, 0.29) is 22.9 Å². The number of nitrogens with zero attached hydrogens (tertiary/aromatic N) is 2. The fourth-order valence-electron chi connectivity index (χ4n) is 8.38.